The number of nitrogens with zero attached hydrogens (tertiary/aromatic N) is 1. The van der Waals surface area contributed by atoms with Gasteiger partial charge in [-0.05, 0) is 90.6 Å². The van der Waals surface area contributed by atoms with Crippen molar-refractivity contribution in [1.29, 1.82) is 5.26 Å². The van der Waals surface area contributed by atoms with Gasteiger partial charge in [-0.25, -0.2) is 4.79 Å². The van der Waals surface area contributed by atoms with Crippen molar-refractivity contribution in [1.82, 2.24) is 0 Å². The van der Waals surface area contributed by atoms with E-state index in [2.05, 4.69) is 25.1 Å². The van der Waals surface area contributed by atoms with Gasteiger partial charge >= 0.3 is 5.97 Å². The summed E-state index contributed by atoms with van der Waals surface area (Å²) in [6.07, 6.45) is 9.18. The predicted molar refractivity (Wildman–Crippen MR) is 132 cm³/mol. The molecule has 0 aliphatic heterocycles. The normalized spacial score (nSPS) is 17.8. The minimum Gasteiger partial charge on any atom is -0.423 e. The molecule has 3 nitrogen and oxygen atoms in total. The molecule has 1 aliphatic carbocycles. The third kappa shape index (κ3) is 5.90. The fraction of sp³-hybridized carbons (Fsp3) is 0.333. The van der Waals surface area contributed by atoms with Crippen molar-refractivity contribution in [3.8, 4) is 22.9 Å². The zero-order valence-electron chi connectivity index (χ0n) is 19.3. The van der Waals surface area contributed by atoms with Gasteiger partial charge in [-0.1, -0.05) is 62.6 Å². The third-order valence-corrected chi connectivity index (χ3v) is 6.84. The molecule has 1 saturated carbocycles. The summed E-state index contributed by atoms with van der Waals surface area (Å²) in [5.74, 6) is 1.70. The van der Waals surface area contributed by atoms with Crippen LogP contribution in [0.1, 0.15) is 79.3 Å². The SMILES string of the molecule is CCCC[C@H]1CC[C@H](c2ccc(C(=O)Oc3ccc(-c4ccc(C#N)cc4)cc3)cc2)CC1. The highest BCUT2D eigenvalue weighted by Crippen LogP contribution is 2.37. The Bertz CT molecular complexity index is 1080. The summed E-state index contributed by atoms with van der Waals surface area (Å²) < 4.78 is 5.58. The number of nitriles is 1. The Labute approximate surface area is 197 Å². The van der Waals surface area contributed by atoms with Crippen LogP contribution in [0.5, 0.6) is 5.75 Å². The minimum absolute atomic E-state index is 0.337. The first kappa shape index (κ1) is 22.8. The molecule has 0 amide bonds. The van der Waals surface area contributed by atoms with Crippen LogP contribution in [-0.2, 0) is 0 Å². The summed E-state index contributed by atoms with van der Waals surface area (Å²) in [6, 6.07) is 25.0. The molecule has 168 valence electrons. The first-order valence-electron chi connectivity index (χ1n) is 12.1. The van der Waals surface area contributed by atoms with E-state index in [9.17, 15) is 4.79 Å². The molecule has 0 atom stereocenters. The average molecular weight is 438 g/mol. The molecule has 0 aromatic heterocycles. The number of ether oxygens (including phenoxy) is 1. The molecule has 33 heavy (non-hydrogen) atoms. The van der Waals surface area contributed by atoms with Crippen LogP contribution in [0.4, 0.5) is 0 Å². The second-order valence-corrected chi connectivity index (χ2v) is 9.08. The molecule has 0 unspecified atom stereocenters. The average Bonchev–Trinajstić information content (AvgIpc) is 2.88. The molecule has 0 N–H and O–H groups in total. The summed E-state index contributed by atoms with van der Waals surface area (Å²) in [4.78, 5) is 12.6. The predicted octanol–water partition coefficient (Wildman–Crippen LogP) is 7.91. The molecule has 0 bridgehead atoms. The van der Waals surface area contributed by atoms with E-state index >= 15 is 0 Å². The fourth-order valence-corrected chi connectivity index (χ4v) is 4.79. The zero-order chi connectivity index (χ0) is 23.0. The van der Waals surface area contributed by atoms with E-state index in [-0.39, 0.29) is 5.97 Å². The van der Waals surface area contributed by atoms with E-state index in [1.54, 1.807) is 24.3 Å². The molecule has 0 radical (unpaired) electrons. The second-order valence-electron chi connectivity index (χ2n) is 9.08. The van der Waals surface area contributed by atoms with E-state index < -0.39 is 0 Å². The summed E-state index contributed by atoms with van der Waals surface area (Å²) in [5.41, 5.74) is 4.57. The standard InChI is InChI=1S/C30H31NO2/c1-2-3-4-22-5-9-24(10-6-22)26-13-15-28(16-14-26)30(32)33-29-19-17-27(18-20-29)25-11-7-23(21-31)8-12-25/h7-8,11-20,22,24H,2-6,9-10H2,1H3/t22-,24-. The molecule has 4 rings (SSSR count). The van der Waals surface area contributed by atoms with Crippen LogP contribution in [0.25, 0.3) is 11.1 Å². The Kier molecular flexibility index (Phi) is 7.58. The van der Waals surface area contributed by atoms with Crippen LogP contribution in [0.2, 0.25) is 0 Å². The Morgan fingerprint density at radius 3 is 2.06 bits per heavy atom. The van der Waals surface area contributed by atoms with E-state index in [0.717, 1.165) is 17.0 Å². The lowest BCUT2D eigenvalue weighted by Gasteiger charge is -2.28. The minimum atomic E-state index is -0.337. The fourth-order valence-electron chi connectivity index (χ4n) is 4.79. The maximum Gasteiger partial charge on any atom is 0.343 e. The summed E-state index contributed by atoms with van der Waals surface area (Å²) in [5, 5.41) is 8.93. The highest BCUT2D eigenvalue weighted by Gasteiger charge is 2.22. The largest absolute Gasteiger partial charge is 0.423 e. The van der Waals surface area contributed by atoms with Crippen molar-refractivity contribution >= 4 is 5.97 Å². The van der Waals surface area contributed by atoms with Crippen molar-refractivity contribution in [3.63, 3.8) is 0 Å². The van der Waals surface area contributed by atoms with Crippen molar-refractivity contribution in [2.24, 2.45) is 5.92 Å². The molecule has 0 heterocycles. The third-order valence-electron chi connectivity index (χ3n) is 6.84. The van der Waals surface area contributed by atoms with Crippen LogP contribution < -0.4 is 4.74 Å². The van der Waals surface area contributed by atoms with Gasteiger partial charge in [0.25, 0.3) is 0 Å². The summed E-state index contributed by atoms with van der Waals surface area (Å²) in [7, 11) is 0. The van der Waals surface area contributed by atoms with Gasteiger partial charge in [-0.2, -0.15) is 5.26 Å². The Morgan fingerprint density at radius 1 is 0.879 bits per heavy atom. The van der Waals surface area contributed by atoms with Gasteiger partial charge in [-0.15, -0.1) is 0 Å². The smallest absolute Gasteiger partial charge is 0.343 e. The zero-order valence-corrected chi connectivity index (χ0v) is 19.3. The second kappa shape index (κ2) is 11.0. The van der Waals surface area contributed by atoms with Crippen LogP contribution in [0.3, 0.4) is 0 Å². The van der Waals surface area contributed by atoms with Crippen LogP contribution >= 0.6 is 0 Å². The molecule has 3 aromatic rings. The van der Waals surface area contributed by atoms with E-state index in [1.165, 1.54) is 50.5 Å². The number of carbonyl (C=O) groups is 1. The quantitative estimate of drug-likeness (QED) is 0.279. The lowest BCUT2D eigenvalue weighted by Crippen LogP contribution is -2.14. The number of rotatable bonds is 7. The number of hydrogen-bond donors (Lipinski definition) is 0. The van der Waals surface area contributed by atoms with Gasteiger partial charge in [-0.3, -0.25) is 0 Å². The number of unbranched alkanes of at least 4 members (excludes halogenated alkanes) is 1. The van der Waals surface area contributed by atoms with Gasteiger partial charge in [0.05, 0.1) is 17.2 Å². The molecule has 1 fully saturated rings. The lowest BCUT2D eigenvalue weighted by molar-refractivity contribution is 0.0734. The maximum absolute atomic E-state index is 12.6. The van der Waals surface area contributed by atoms with Crippen LogP contribution in [-0.4, -0.2) is 5.97 Å². The lowest BCUT2D eigenvalue weighted by atomic mass is 9.77. The molecular formula is C30H31NO2. The Balaban J connectivity index is 1.33. The van der Waals surface area contributed by atoms with E-state index in [1.807, 2.05) is 36.4 Å². The monoisotopic (exact) mass is 437 g/mol. The highest BCUT2D eigenvalue weighted by molar-refractivity contribution is 5.91. The number of carbonyl (C=O) groups excluding carboxylic acids is 1. The summed E-state index contributed by atoms with van der Waals surface area (Å²) in [6.45, 7) is 2.27. The van der Waals surface area contributed by atoms with Crippen LogP contribution in [0.15, 0.2) is 72.8 Å². The molecule has 0 spiro atoms. The van der Waals surface area contributed by atoms with Gasteiger partial charge in [0.2, 0.25) is 0 Å². The Morgan fingerprint density at radius 2 is 1.48 bits per heavy atom. The molecule has 3 heteroatoms. The molecule has 0 saturated heterocycles. The first-order valence-corrected chi connectivity index (χ1v) is 12.1. The molecule has 3 aromatic carbocycles. The summed E-state index contributed by atoms with van der Waals surface area (Å²) >= 11 is 0. The Hall–Kier alpha value is -3.38. The van der Waals surface area contributed by atoms with Crippen molar-refractivity contribution in [3.05, 3.63) is 89.5 Å². The molecule has 1 aliphatic rings. The van der Waals surface area contributed by atoms with E-state index in [0.29, 0.717) is 22.8 Å². The maximum atomic E-state index is 12.6. The number of esters is 1. The number of benzene rings is 3. The van der Waals surface area contributed by atoms with Gasteiger partial charge in [0.1, 0.15) is 5.75 Å². The highest BCUT2D eigenvalue weighted by atomic mass is 16.5. The molecular weight excluding hydrogens is 406 g/mol. The van der Waals surface area contributed by atoms with Crippen LogP contribution in [0, 0.1) is 17.2 Å². The number of hydrogen-bond acceptors (Lipinski definition) is 3. The first-order chi connectivity index (χ1) is 16.2. The van der Waals surface area contributed by atoms with E-state index in [4.69, 9.17) is 10.00 Å². The van der Waals surface area contributed by atoms with Crippen molar-refractivity contribution < 1.29 is 9.53 Å². The van der Waals surface area contributed by atoms with Gasteiger partial charge in [0, 0.05) is 0 Å². The van der Waals surface area contributed by atoms with Gasteiger partial charge < -0.3 is 4.74 Å². The topological polar surface area (TPSA) is 50.1 Å². The van der Waals surface area contributed by atoms with Gasteiger partial charge in [0.15, 0.2) is 0 Å². The van der Waals surface area contributed by atoms with Crippen molar-refractivity contribution in [2.45, 2.75) is 57.8 Å². The van der Waals surface area contributed by atoms with Crippen molar-refractivity contribution in [2.75, 3.05) is 0 Å².